The van der Waals surface area contributed by atoms with E-state index in [1.807, 2.05) is 24.4 Å². The SMILES string of the molecule is CCC(=O)N1N=C(c2ccc(O)c(OC)c2)CC1c1cccs1. The molecule has 0 aliphatic carbocycles. The minimum atomic E-state index is -0.0581. The van der Waals surface area contributed by atoms with Gasteiger partial charge in [-0.1, -0.05) is 13.0 Å². The summed E-state index contributed by atoms with van der Waals surface area (Å²) < 4.78 is 5.16. The number of hydrazone groups is 1. The Morgan fingerprint density at radius 3 is 2.96 bits per heavy atom. The monoisotopic (exact) mass is 330 g/mol. The molecular weight excluding hydrogens is 312 g/mol. The third-order valence-electron chi connectivity index (χ3n) is 3.85. The van der Waals surface area contributed by atoms with Crippen molar-refractivity contribution in [2.24, 2.45) is 5.10 Å². The predicted octanol–water partition coefficient (Wildman–Crippen LogP) is 3.55. The third-order valence-corrected chi connectivity index (χ3v) is 4.83. The van der Waals surface area contributed by atoms with Gasteiger partial charge in [-0.3, -0.25) is 4.79 Å². The molecule has 120 valence electrons. The van der Waals surface area contributed by atoms with Gasteiger partial charge in [0.25, 0.3) is 0 Å². The first-order chi connectivity index (χ1) is 11.1. The summed E-state index contributed by atoms with van der Waals surface area (Å²) in [6.07, 6.45) is 1.07. The van der Waals surface area contributed by atoms with Gasteiger partial charge in [-0.05, 0) is 29.6 Å². The number of rotatable bonds is 4. The van der Waals surface area contributed by atoms with Crippen LogP contribution < -0.4 is 4.74 Å². The number of methoxy groups -OCH3 is 1. The molecule has 3 rings (SSSR count). The van der Waals surface area contributed by atoms with Gasteiger partial charge in [0.15, 0.2) is 11.5 Å². The van der Waals surface area contributed by atoms with Crippen molar-refractivity contribution in [2.75, 3.05) is 7.11 Å². The molecule has 6 heteroatoms. The van der Waals surface area contributed by atoms with Gasteiger partial charge in [-0.25, -0.2) is 5.01 Å². The van der Waals surface area contributed by atoms with Crippen LogP contribution in [0.5, 0.6) is 11.5 Å². The predicted molar refractivity (Wildman–Crippen MR) is 90.0 cm³/mol. The smallest absolute Gasteiger partial charge is 0.243 e. The van der Waals surface area contributed by atoms with Gasteiger partial charge in [0, 0.05) is 23.3 Å². The lowest BCUT2D eigenvalue weighted by Crippen LogP contribution is -2.25. The highest BCUT2D eigenvalue weighted by Gasteiger charge is 2.33. The molecule has 1 amide bonds. The lowest BCUT2D eigenvalue weighted by Gasteiger charge is -2.19. The summed E-state index contributed by atoms with van der Waals surface area (Å²) in [5.74, 6) is 0.494. The average Bonchev–Trinajstić information content (AvgIpc) is 3.23. The second-order valence-electron chi connectivity index (χ2n) is 5.26. The number of carbonyl (C=O) groups is 1. The van der Waals surface area contributed by atoms with Gasteiger partial charge in [0.05, 0.1) is 18.9 Å². The van der Waals surface area contributed by atoms with Crippen LogP contribution in [0.1, 0.15) is 36.2 Å². The maximum atomic E-state index is 12.2. The number of thiophene rings is 1. The van der Waals surface area contributed by atoms with Gasteiger partial charge in [-0.15, -0.1) is 11.3 Å². The van der Waals surface area contributed by atoms with Crippen molar-refractivity contribution >= 4 is 23.0 Å². The fraction of sp³-hybridized carbons (Fsp3) is 0.294. The number of hydrogen-bond donors (Lipinski definition) is 1. The van der Waals surface area contributed by atoms with Crippen LogP contribution in [0.4, 0.5) is 0 Å². The van der Waals surface area contributed by atoms with E-state index in [1.54, 1.807) is 34.5 Å². The Balaban J connectivity index is 1.95. The van der Waals surface area contributed by atoms with Gasteiger partial charge >= 0.3 is 0 Å². The largest absolute Gasteiger partial charge is 0.504 e. The average molecular weight is 330 g/mol. The molecule has 5 nitrogen and oxygen atoms in total. The molecule has 1 N–H and O–H groups in total. The summed E-state index contributed by atoms with van der Waals surface area (Å²) in [5, 5.41) is 17.9. The molecular formula is C17H18N2O3S. The van der Waals surface area contributed by atoms with Crippen LogP contribution in [-0.4, -0.2) is 28.8 Å². The van der Waals surface area contributed by atoms with E-state index < -0.39 is 0 Å². The summed E-state index contributed by atoms with van der Waals surface area (Å²) in [5.41, 5.74) is 1.68. The van der Waals surface area contributed by atoms with E-state index in [1.165, 1.54) is 7.11 Å². The normalized spacial score (nSPS) is 17.2. The first-order valence-corrected chi connectivity index (χ1v) is 8.32. The second-order valence-corrected chi connectivity index (χ2v) is 6.24. The maximum absolute atomic E-state index is 12.2. The number of benzene rings is 1. The van der Waals surface area contributed by atoms with Crippen molar-refractivity contribution in [1.29, 1.82) is 0 Å². The van der Waals surface area contributed by atoms with Crippen LogP contribution in [-0.2, 0) is 4.79 Å². The van der Waals surface area contributed by atoms with Crippen LogP contribution in [0.3, 0.4) is 0 Å². The number of ether oxygens (including phenoxy) is 1. The highest BCUT2D eigenvalue weighted by molar-refractivity contribution is 7.10. The number of phenolic OH excluding ortho intramolecular Hbond substituents is 1. The Bertz CT molecular complexity index is 740. The Labute approximate surface area is 138 Å². The molecule has 1 aromatic heterocycles. The summed E-state index contributed by atoms with van der Waals surface area (Å²) in [7, 11) is 1.51. The van der Waals surface area contributed by atoms with E-state index in [9.17, 15) is 9.90 Å². The number of phenols is 1. The summed E-state index contributed by atoms with van der Waals surface area (Å²) in [6.45, 7) is 1.84. The third kappa shape index (κ3) is 2.94. The molecule has 0 saturated heterocycles. The van der Waals surface area contributed by atoms with E-state index in [4.69, 9.17) is 4.74 Å². The number of nitrogens with zero attached hydrogens (tertiary/aromatic N) is 2. The van der Waals surface area contributed by atoms with Crippen molar-refractivity contribution in [1.82, 2.24) is 5.01 Å². The van der Waals surface area contributed by atoms with E-state index in [0.717, 1.165) is 16.2 Å². The zero-order valence-corrected chi connectivity index (χ0v) is 13.8. The minimum absolute atomic E-state index is 0.00384. The molecule has 23 heavy (non-hydrogen) atoms. The van der Waals surface area contributed by atoms with E-state index in [2.05, 4.69) is 5.10 Å². The molecule has 1 aromatic carbocycles. The quantitative estimate of drug-likeness (QED) is 0.932. The second kappa shape index (κ2) is 6.42. The molecule has 0 fully saturated rings. The topological polar surface area (TPSA) is 62.1 Å². The van der Waals surface area contributed by atoms with Gasteiger partial charge in [0.2, 0.25) is 5.91 Å². The first-order valence-electron chi connectivity index (χ1n) is 7.44. The maximum Gasteiger partial charge on any atom is 0.243 e. The van der Waals surface area contributed by atoms with Crippen molar-refractivity contribution in [3.8, 4) is 11.5 Å². The zero-order valence-electron chi connectivity index (χ0n) is 13.0. The first kappa shape index (κ1) is 15.6. The molecule has 1 aliphatic rings. The molecule has 0 spiro atoms. The van der Waals surface area contributed by atoms with Gasteiger partial charge in [0.1, 0.15) is 0 Å². The highest BCUT2D eigenvalue weighted by atomic mass is 32.1. The van der Waals surface area contributed by atoms with E-state index >= 15 is 0 Å². The number of aromatic hydroxyl groups is 1. The molecule has 1 atom stereocenters. The van der Waals surface area contributed by atoms with Gasteiger partial charge in [-0.2, -0.15) is 5.10 Å². The van der Waals surface area contributed by atoms with Crippen LogP contribution in [0.2, 0.25) is 0 Å². The Kier molecular flexibility index (Phi) is 4.34. The Morgan fingerprint density at radius 2 is 2.30 bits per heavy atom. The number of hydrogen-bond acceptors (Lipinski definition) is 5. The van der Waals surface area contributed by atoms with Crippen molar-refractivity contribution < 1.29 is 14.6 Å². The molecule has 0 radical (unpaired) electrons. The molecule has 2 aromatic rings. The van der Waals surface area contributed by atoms with Crippen LogP contribution >= 0.6 is 11.3 Å². The lowest BCUT2D eigenvalue weighted by molar-refractivity contribution is -0.132. The molecule has 2 heterocycles. The summed E-state index contributed by atoms with van der Waals surface area (Å²) >= 11 is 1.63. The molecule has 0 bridgehead atoms. The summed E-state index contributed by atoms with van der Waals surface area (Å²) in [6, 6.07) is 9.08. The Hall–Kier alpha value is -2.34. The van der Waals surface area contributed by atoms with Gasteiger partial charge < -0.3 is 9.84 Å². The highest BCUT2D eigenvalue weighted by Crippen LogP contribution is 2.36. The fourth-order valence-electron chi connectivity index (χ4n) is 2.64. The van der Waals surface area contributed by atoms with Crippen LogP contribution in [0, 0.1) is 0 Å². The zero-order chi connectivity index (χ0) is 16.4. The van der Waals surface area contributed by atoms with Crippen molar-refractivity contribution in [2.45, 2.75) is 25.8 Å². The van der Waals surface area contributed by atoms with E-state index in [-0.39, 0.29) is 17.7 Å². The van der Waals surface area contributed by atoms with Crippen LogP contribution in [0.15, 0.2) is 40.8 Å². The molecule has 1 aliphatic heterocycles. The van der Waals surface area contributed by atoms with Crippen molar-refractivity contribution in [3.05, 3.63) is 46.2 Å². The van der Waals surface area contributed by atoms with E-state index in [0.29, 0.717) is 18.6 Å². The lowest BCUT2D eigenvalue weighted by atomic mass is 10.0. The Morgan fingerprint density at radius 1 is 1.48 bits per heavy atom. The molecule has 0 saturated carbocycles. The summed E-state index contributed by atoms with van der Waals surface area (Å²) in [4.78, 5) is 13.4. The molecule has 1 unspecified atom stereocenters. The standard InChI is InChI=1S/C17H18N2O3S/c1-3-17(21)19-13(16-5-4-8-23-16)10-12(18-19)11-6-7-14(20)15(9-11)22-2/h4-9,13,20H,3,10H2,1-2H3. The number of carbonyl (C=O) groups excluding carboxylic acids is 1. The minimum Gasteiger partial charge on any atom is -0.504 e. The van der Waals surface area contributed by atoms with Crippen LogP contribution in [0.25, 0.3) is 0 Å². The van der Waals surface area contributed by atoms with Crippen molar-refractivity contribution in [3.63, 3.8) is 0 Å². The fourth-order valence-corrected chi connectivity index (χ4v) is 3.45. The number of amides is 1.